The largest absolute Gasteiger partial charge is 0.445 e. The molecule has 0 unspecified atom stereocenters. The number of amides is 1. The molecule has 0 aliphatic carbocycles. The zero-order chi connectivity index (χ0) is 12.0. The van der Waals surface area contributed by atoms with E-state index in [9.17, 15) is 14.9 Å². The molecule has 0 saturated heterocycles. The summed E-state index contributed by atoms with van der Waals surface area (Å²) in [5, 5.41) is 12.8. The Balaban J connectivity index is 2.58. The summed E-state index contributed by atoms with van der Waals surface area (Å²) in [5.41, 5.74) is 0.393. The van der Waals surface area contributed by atoms with Crippen molar-refractivity contribution in [3.05, 3.63) is 47.0 Å². The van der Waals surface area contributed by atoms with Crippen molar-refractivity contribution in [2.24, 2.45) is 0 Å². The molecule has 6 heteroatoms. The van der Waals surface area contributed by atoms with E-state index in [1.807, 2.05) is 0 Å². The number of carbonyl (C=O) groups excluding carboxylic acids is 1. The molecule has 1 aromatic rings. The van der Waals surface area contributed by atoms with Gasteiger partial charge in [-0.05, 0) is 12.1 Å². The first-order chi connectivity index (χ1) is 7.63. The van der Waals surface area contributed by atoms with E-state index in [2.05, 4.69) is 16.6 Å². The molecule has 1 aromatic carbocycles. The third-order valence-corrected chi connectivity index (χ3v) is 1.66. The number of nitro benzene ring substituents is 1. The van der Waals surface area contributed by atoms with Crippen LogP contribution < -0.4 is 5.32 Å². The van der Waals surface area contributed by atoms with Gasteiger partial charge in [-0.1, -0.05) is 12.7 Å². The molecule has 6 nitrogen and oxygen atoms in total. The summed E-state index contributed by atoms with van der Waals surface area (Å²) < 4.78 is 4.67. The average molecular weight is 222 g/mol. The van der Waals surface area contributed by atoms with Crippen LogP contribution in [0.1, 0.15) is 0 Å². The summed E-state index contributed by atoms with van der Waals surface area (Å²) in [5.74, 6) is 0. The maximum absolute atomic E-state index is 11.1. The van der Waals surface area contributed by atoms with E-state index < -0.39 is 11.0 Å². The van der Waals surface area contributed by atoms with Crippen molar-refractivity contribution < 1.29 is 14.5 Å². The number of carbonyl (C=O) groups is 1. The van der Waals surface area contributed by atoms with Gasteiger partial charge in [-0.15, -0.1) is 0 Å². The molecule has 0 atom stereocenters. The number of hydrogen-bond donors (Lipinski definition) is 1. The fraction of sp³-hybridized carbons (Fsp3) is 0.100. The van der Waals surface area contributed by atoms with E-state index in [1.165, 1.54) is 30.3 Å². The minimum absolute atomic E-state index is 0.0370. The van der Waals surface area contributed by atoms with Crippen molar-refractivity contribution in [1.29, 1.82) is 0 Å². The van der Waals surface area contributed by atoms with Crippen LogP contribution in [0.2, 0.25) is 0 Å². The van der Waals surface area contributed by atoms with E-state index in [1.54, 1.807) is 0 Å². The number of nitrogens with zero attached hydrogens (tertiary/aromatic N) is 1. The SMILES string of the molecule is C=CCOC(=O)Nc1ccc([N+](=O)[O-])cc1. The van der Waals surface area contributed by atoms with E-state index >= 15 is 0 Å². The Bertz CT molecular complexity index is 400. The lowest BCUT2D eigenvalue weighted by Crippen LogP contribution is -2.13. The van der Waals surface area contributed by atoms with Crippen molar-refractivity contribution in [2.75, 3.05) is 11.9 Å². The highest BCUT2D eigenvalue weighted by Crippen LogP contribution is 2.15. The number of rotatable bonds is 4. The van der Waals surface area contributed by atoms with Crippen molar-refractivity contribution in [3.63, 3.8) is 0 Å². The highest BCUT2D eigenvalue weighted by Gasteiger charge is 2.06. The Labute approximate surface area is 91.7 Å². The summed E-state index contributed by atoms with van der Waals surface area (Å²) in [6, 6.07) is 5.44. The third kappa shape index (κ3) is 3.41. The third-order valence-electron chi connectivity index (χ3n) is 1.66. The Hall–Kier alpha value is -2.37. The maximum Gasteiger partial charge on any atom is 0.411 e. The van der Waals surface area contributed by atoms with Crippen LogP contribution in [0.25, 0.3) is 0 Å². The van der Waals surface area contributed by atoms with Gasteiger partial charge in [0.25, 0.3) is 5.69 Å². The molecular weight excluding hydrogens is 212 g/mol. The smallest absolute Gasteiger partial charge is 0.411 e. The Morgan fingerprint density at radius 1 is 1.50 bits per heavy atom. The number of nitrogens with one attached hydrogen (secondary N) is 1. The second-order valence-electron chi connectivity index (χ2n) is 2.82. The molecule has 0 fully saturated rings. The predicted molar refractivity (Wildman–Crippen MR) is 58.3 cm³/mol. The van der Waals surface area contributed by atoms with Gasteiger partial charge < -0.3 is 4.74 Å². The van der Waals surface area contributed by atoms with E-state index in [4.69, 9.17) is 0 Å². The van der Waals surface area contributed by atoms with Crippen LogP contribution in [0.5, 0.6) is 0 Å². The van der Waals surface area contributed by atoms with Crippen LogP contribution in [0.4, 0.5) is 16.2 Å². The number of anilines is 1. The number of benzene rings is 1. The van der Waals surface area contributed by atoms with Gasteiger partial charge in [0, 0.05) is 17.8 Å². The van der Waals surface area contributed by atoms with Gasteiger partial charge in [0.05, 0.1) is 4.92 Å². The molecule has 0 spiro atoms. The van der Waals surface area contributed by atoms with Crippen LogP contribution in [-0.2, 0) is 4.74 Å². The van der Waals surface area contributed by atoms with Crippen molar-refractivity contribution >= 4 is 17.5 Å². The van der Waals surface area contributed by atoms with Gasteiger partial charge in [-0.3, -0.25) is 15.4 Å². The Kier molecular flexibility index (Phi) is 4.02. The maximum atomic E-state index is 11.1. The quantitative estimate of drug-likeness (QED) is 0.481. The molecule has 1 N–H and O–H groups in total. The molecule has 84 valence electrons. The molecule has 0 aliphatic heterocycles. The number of hydrogen-bond acceptors (Lipinski definition) is 4. The van der Waals surface area contributed by atoms with Gasteiger partial charge in [-0.2, -0.15) is 0 Å². The molecule has 0 radical (unpaired) electrons. The lowest BCUT2D eigenvalue weighted by atomic mass is 10.3. The first-order valence-corrected chi connectivity index (χ1v) is 4.42. The highest BCUT2D eigenvalue weighted by atomic mass is 16.6. The van der Waals surface area contributed by atoms with Gasteiger partial charge in [0.1, 0.15) is 6.61 Å². The lowest BCUT2D eigenvalue weighted by molar-refractivity contribution is -0.384. The van der Waals surface area contributed by atoms with Gasteiger partial charge >= 0.3 is 6.09 Å². The lowest BCUT2D eigenvalue weighted by Gasteiger charge is -2.04. The number of ether oxygens (including phenoxy) is 1. The van der Waals surface area contributed by atoms with E-state index in [0.29, 0.717) is 5.69 Å². The first kappa shape index (κ1) is 11.7. The highest BCUT2D eigenvalue weighted by molar-refractivity contribution is 5.84. The van der Waals surface area contributed by atoms with E-state index in [-0.39, 0.29) is 12.3 Å². The normalized spacial score (nSPS) is 9.25. The molecule has 0 heterocycles. The molecular formula is C10H10N2O4. The van der Waals surface area contributed by atoms with Gasteiger partial charge in [-0.25, -0.2) is 4.79 Å². The average Bonchev–Trinajstić information content (AvgIpc) is 2.27. The minimum atomic E-state index is -0.631. The second-order valence-corrected chi connectivity index (χ2v) is 2.82. The van der Waals surface area contributed by atoms with Crippen LogP contribution in [0, 0.1) is 10.1 Å². The molecule has 0 aliphatic rings. The topological polar surface area (TPSA) is 81.5 Å². The van der Waals surface area contributed by atoms with Crippen molar-refractivity contribution in [3.8, 4) is 0 Å². The second kappa shape index (κ2) is 5.50. The zero-order valence-corrected chi connectivity index (χ0v) is 8.38. The number of nitro groups is 1. The minimum Gasteiger partial charge on any atom is -0.445 e. The fourth-order valence-corrected chi connectivity index (χ4v) is 0.955. The predicted octanol–water partition coefficient (Wildman–Crippen LogP) is 2.33. The first-order valence-electron chi connectivity index (χ1n) is 4.42. The standard InChI is InChI=1S/C10H10N2O4/c1-2-7-16-10(13)11-8-3-5-9(6-4-8)12(14)15/h2-6H,1,7H2,(H,11,13). The molecule has 0 saturated carbocycles. The molecule has 1 rings (SSSR count). The Morgan fingerprint density at radius 2 is 2.12 bits per heavy atom. The molecule has 0 aromatic heterocycles. The van der Waals surface area contributed by atoms with Crippen LogP contribution in [-0.4, -0.2) is 17.6 Å². The number of non-ortho nitro benzene ring substituents is 1. The summed E-state index contributed by atoms with van der Waals surface area (Å²) in [6.07, 6.45) is 0.809. The zero-order valence-electron chi connectivity index (χ0n) is 8.38. The summed E-state index contributed by atoms with van der Waals surface area (Å²) in [7, 11) is 0. The monoisotopic (exact) mass is 222 g/mol. The molecule has 0 bridgehead atoms. The van der Waals surface area contributed by atoms with E-state index in [0.717, 1.165) is 0 Å². The summed E-state index contributed by atoms with van der Waals surface area (Å²) in [6.45, 7) is 3.50. The van der Waals surface area contributed by atoms with Crippen molar-refractivity contribution in [1.82, 2.24) is 0 Å². The summed E-state index contributed by atoms with van der Waals surface area (Å²) in [4.78, 5) is 20.9. The van der Waals surface area contributed by atoms with Gasteiger partial charge in [0.2, 0.25) is 0 Å². The van der Waals surface area contributed by atoms with Gasteiger partial charge in [0.15, 0.2) is 0 Å². The van der Waals surface area contributed by atoms with Crippen molar-refractivity contribution in [2.45, 2.75) is 0 Å². The van der Waals surface area contributed by atoms with Crippen LogP contribution in [0.3, 0.4) is 0 Å². The molecule has 16 heavy (non-hydrogen) atoms. The molecule has 1 amide bonds. The van der Waals surface area contributed by atoms with Crippen LogP contribution >= 0.6 is 0 Å². The summed E-state index contributed by atoms with van der Waals surface area (Å²) >= 11 is 0. The Morgan fingerprint density at radius 3 is 2.62 bits per heavy atom. The fourth-order valence-electron chi connectivity index (χ4n) is 0.955. The van der Waals surface area contributed by atoms with Crippen LogP contribution in [0.15, 0.2) is 36.9 Å².